The van der Waals surface area contributed by atoms with Gasteiger partial charge in [0, 0.05) is 18.5 Å². The molecular formula is C30H31F4N5OS. The van der Waals surface area contributed by atoms with E-state index in [1.807, 2.05) is 29.2 Å². The lowest BCUT2D eigenvalue weighted by molar-refractivity contribution is -0.138. The minimum atomic E-state index is -4.55. The number of likely N-dealkylation sites (tertiary alicyclic amines) is 1. The van der Waals surface area contributed by atoms with Gasteiger partial charge in [-0.1, -0.05) is 37.3 Å². The van der Waals surface area contributed by atoms with Crippen molar-refractivity contribution in [2.75, 3.05) is 41.9 Å². The number of phenols is 1. The second kappa shape index (κ2) is 10.4. The first-order chi connectivity index (χ1) is 19.5. The molecule has 1 saturated heterocycles. The maximum absolute atomic E-state index is 14.4. The lowest BCUT2D eigenvalue weighted by Gasteiger charge is -2.41. The number of rotatable bonds is 6. The van der Waals surface area contributed by atoms with Gasteiger partial charge in [-0.2, -0.15) is 13.2 Å². The number of nitrogens with zero attached hydrogens (tertiary/aromatic N) is 3. The molecule has 0 atom stereocenters. The quantitative estimate of drug-likeness (QED) is 0.159. The third-order valence-electron chi connectivity index (χ3n) is 8.01. The number of piperidine rings is 1. The zero-order valence-corrected chi connectivity index (χ0v) is 23.5. The van der Waals surface area contributed by atoms with Crippen molar-refractivity contribution in [3.63, 3.8) is 0 Å². The number of thiazole rings is 1. The van der Waals surface area contributed by atoms with Gasteiger partial charge >= 0.3 is 6.18 Å². The first kappa shape index (κ1) is 27.6. The van der Waals surface area contributed by atoms with Crippen molar-refractivity contribution >= 4 is 43.7 Å². The minimum absolute atomic E-state index is 0.176. The molecular weight excluding hydrogens is 554 g/mol. The van der Waals surface area contributed by atoms with Gasteiger partial charge < -0.3 is 14.9 Å². The number of anilines is 4. The molecule has 3 heterocycles. The fraction of sp³-hybridized carbons (Fsp3) is 0.367. The SMILES string of the molecule is CC(C)CN1CCC2(CC1)CN(c1ccccc1NNc1nc3ccc(F)cc3s1)c1c(O)ccc(C(F)(F)F)c12. The Hall–Kier alpha value is -3.57. The van der Waals surface area contributed by atoms with E-state index in [-0.39, 0.29) is 22.8 Å². The van der Waals surface area contributed by atoms with Gasteiger partial charge in [0.1, 0.15) is 11.6 Å². The van der Waals surface area contributed by atoms with Crippen LogP contribution in [-0.4, -0.2) is 41.2 Å². The number of aromatic nitrogens is 1. The first-order valence-corrected chi connectivity index (χ1v) is 14.5. The second-order valence-electron chi connectivity index (χ2n) is 11.3. The van der Waals surface area contributed by atoms with Gasteiger partial charge in [0.25, 0.3) is 0 Å². The molecule has 216 valence electrons. The molecule has 6 rings (SSSR count). The van der Waals surface area contributed by atoms with E-state index < -0.39 is 17.2 Å². The Bertz CT molecular complexity index is 1580. The van der Waals surface area contributed by atoms with Crippen molar-refractivity contribution in [3.05, 3.63) is 71.5 Å². The zero-order valence-electron chi connectivity index (χ0n) is 22.7. The lowest BCUT2D eigenvalue weighted by Crippen LogP contribution is -2.46. The molecule has 41 heavy (non-hydrogen) atoms. The maximum Gasteiger partial charge on any atom is 0.416 e. The van der Waals surface area contributed by atoms with Gasteiger partial charge in [0.15, 0.2) is 0 Å². The van der Waals surface area contributed by atoms with E-state index in [2.05, 4.69) is 34.6 Å². The number of alkyl halides is 3. The number of nitrogens with one attached hydrogen (secondary N) is 2. The summed E-state index contributed by atoms with van der Waals surface area (Å²) in [5.41, 5.74) is 7.05. The van der Waals surface area contributed by atoms with Crippen molar-refractivity contribution in [2.45, 2.75) is 38.3 Å². The summed E-state index contributed by atoms with van der Waals surface area (Å²) in [5, 5.41) is 11.6. The summed E-state index contributed by atoms with van der Waals surface area (Å²) in [7, 11) is 0. The van der Waals surface area contributed by atoms with E-state index in [9.17, 15) is 22.7 Å². The van der Waals surface area contributed by atoms with Crippen LogP contribution in [0.5, 0.6) is 5.75 Å². The van der Waals surface area contributed by atoms with Crippen molar-refractivity contribution in [1.82, 2.24) is 9.88 Å². The van der Waals surface area contributed by atoms with E-state index >= 15 is 0 Å². The van der Waals surface area contributed by atoms with Crippen molar-refractivity contribution in [1.29, 1.82) is 0 Å². The summed E-state index contributed by atoms with van der Waals surface area (Å²) >= 11 is 1.28. The van der Waals surface area contributed by atoms with E-state index in [1.165, 1.54) is 23.5 Å². The monoisotopic (exact) mass is 585 g/mol. The van der Waals surface area contributed by atoms with E-state index in [0.717, 1.165) is 18.7 Å². The first-order valence-electron chi connectivity index (χ1n) is 13.6. The highest BCUT2D eigenvalue weighted by atomic mass is 32.1. The van der Waals surface area contributed by atoms with Gasteiger partial charge in [-0.15, -0.1) is 0 Å². The largest absolute Gasteiger partial charge is 0.506 e. The minimum Gasteiger partial charge on any atom is -0.506 e. The molecule has 0 aliphatic carbocycles. The fourth-order valence-corrected chi connectivity index (χ4v) is 7.11. The molecule has 0 saturated carbocycles. The second-order valence-corrected chi connectivity index (χ2v) is 12.3. The van der Waals surface area contributed by atoms with Crippen LogP contribution in [0.4, 0.5) is 39.8 Å². The number of hydrazine groups is 1. The van der Waals surface area contributed by atoms with Gasteiger partial charge in [-0.25, -0.2) is 9.37 Å². The highest BCUT2D eigenvalue weighted by molar-refractivity contribution is 7.22. The highest BCUT2D eigenvalue weighted by Crippen LogP contribution is 2.57. The normalized spacial score (nSPS) is 17.0. The lowest BCUT2D eigenvalue weighted by atomic mass is 9.72. The van der Waals surface area contributed by atoms with Gasteiger partial charge in [0.05, 0.1) is 32.8 Å². The van der Waals surface area contributed by atoms with E-state index in [0.29, 0.717) is 65.1 Å². The number of phenolic OH excluding ortho intramolecular Hbond substituents is 1. The summed E-state index contributed by atoms with van der Waals surface area (Å²) in [5.74, 6) is -0.0581. The van der Waals surface area contributed by atoms with Gasteiger partial charge in [0.2, 0.25) is 5.13 Å². The van der Waals surface area contributed by atoms with Crippen LogP contribution >= 0.6 is 11.3 Å². The van der Waals surface area contributed by atoms with Crippen LogP contribution in [0.2, 0.25) is 0 Å². The number of hydrogen-bond acceptors (Lipinski definition) is 7. The van der Waals surface area contributed by atoms with Crippen LogP contribution in [0.25, 0.3) is 10.2 Å². The summed E-state index contributed by atoms with van der Waals surface area (Å²) in [6.07, 6.45) is -3.43. The van der Waals surface area contributed by atoms with E-state index in [4.69, 9.17) is 0 Å². The van der Waals surface area contributed by atoms with Crippen molar-refractivity contribution in [3.8, 4) is 5.75 Å². The topological polar surface area (TPSA) is 63.7 Å². The third-order valence-corrected chi connectivity index (χ3v) is 8.94. The van der Waals surface area contributed by atoms with Crippen molar-refractivity contribution < 1.29 is 22.7 Å². The Morgan fingerprint density at radius 1 is 1.05 bits per heavy atom. The number of fused-ring (bicyclic) bond motifs is 3. The van der Waals surface area contributed by atoms with Crippen LogP contribution in [0.1, 0.15) is 37.8 Å². The zero-order chi connectivity index (χ0) is 28.9. The molecule has 0 unspecified atom stereocenters. The van der Waals surface area contributed by atoms with E-state index in [1.54, 1.807) is 6.07 Å². The molecule has 0 radical (unpaired) electrons. The molecule has 11 heteroatoms. The molecule has 1 fully saturated rings. The molecule has 1 aromatic heterocycles. The number of halogens is 4. The van der Waals surface area contributed by atoms with Gasteiger partial charge in [-0.05, 0) is 79.9 Å². The predicted octanol–water partition coefficient (Wildman–Crippen LogP) is 7.74. The summed E-state index contributed by atoms with van der Waals surface area (Å²) < 4.78 is 57.6. The Kier molecular flexibility index (Phi) is 6.97. The number of aromatic hydroxyl groups is 1. The van der Waals surface area contributed by atoms with Crippen LogP contribution in [0, 0.1) is 11.7 Å². The number of benzene rings is 3. The van der Waals surface area contributed by atoms with Gasteiger partial charge in [-0.3, -0.25) is 10.9 Å². The number of hydrogen-bond donors (Lipinski definition) is 3. The third kappa shape index (κ3) is 5.17. The fourth-order valence-electron chi connectivity index (χ4n) is 6.27. The Morgan fingerprint density at radius 3 is 2.54 bits per heavy atom. The summed E-state index contributed by atoms with van der Waals surface area (Å²) in [6, 6.07) is 13.8. The standard InChI is InChI=1S/C30H31F4N5OS/c1-18(2)16-38-13-11-29(12-14-38)17-39(27-24(40)10-8-20(26(27)29)30(32,33)34)23-6-4-3-5-21(23)36-37-28-35-22-9-7-19(31)15-25(22)41-28/h3-10,15,18,36,40H,11-14,16-17H2,1-2H3,(H,35,37). The van der Waals surface area contributed by atoms with Crippen LogP contribution in [-0.2, 0) is 11.6 Å². The summed E-state index contributed by atoms with van der Waals surface area (Å²) in [4.78, 5) is 8.61. The maximum atomic E-state index is 14.4. The molecule has 2 aliphatic heterocycles. The number of para-hydroxylation sites is 2. The average molecular weight is 586 g/mol. The molecule has 6 nitrogen and oxygen atoms in total. The van der Waals surface area contributed by atoms with Crippen LogP contribution in [0.3, 0.4) is 0 Å². The molecule has 1 spiro atoms. The van der Waals surface area contributed by atoms with Crippen LogP contribution < -0.4 is 15.8 Å². The Morgan fingerprint density at radius 2 is 1.80 bits per heavy atom. The molecule has 0 bridgehead atoms. The van der Waals surface area contributed by atoms with Crippen LogP contribution in [0.15, 0.2) is 54.6 Å². The molecule has 3 N–H and O–H groups in total. The highest BCUT2D eigenvalue weighted by Gasteiger charge is 2.51. The molecule has 2 aliphatic rings. The molecule has 4 aromatic rings. The summed E-state index contributed by atoms with van der Waals surface area (Å²) in [6.45, 7) is 6.88. The van der Waals surface area contributed by atoms with Crippen molar-refractivity contribution in [2.24, 2.45) is 5.92 Å². The molecule has 3 aromatic carbocycles. The Balaban J connectivity index is 1.37. The Labute approximate surface area is 239 Å². The molecule has 0 amide bonds. The average Bonchev–Trinajstić information content (AvgIpc) is 3.47. The predicted molar refractivity (Wildman–Crippen MR) is 156 cm³/mol. The smallest absolute Gasteiger partial charge is 0.416 e.